The molecule has 0 radical (unpaired) electrons. The van der Waals surface area contributed by atoms with E-state index in [0.29, 0.717) is 17.0 Å². The number of carbonyl (C=O) groups excluding carboxylic acids is 1. The average molecular weight is 363 g/mol. The smallest absolute Gasteiger partial charge is 0.168 e. The number of fused-ring (bicyclic) bond motifs is 1. The van der Waals surface area contributed by atoms with Crippen molar-refractivity contribution in [3.05, 3.63) is 76.9 Å². The van der Waals surface area contributed by atoms with E-state index in [-0.39, 0.29) is 22.8 Å². The Hall–Kier alpha value is -1.71. The van der Waals surface area contributed by atoms with Gasteiger partial charge in [0.05, 0.1) is 10.5 Å². The monoisotopic (exact) mass is 361 g/mol. The van der Waals surface area contributed by atoms with E-state index in [2.05, 4.69) is 4.98 Å². The Kier molecular flexibility index (Phi) is 5.10. The molecule has 0 spiro atoms. The first-order valence-electron chi connectivity index (χ1n) is 6.35. The van der Waals surface area contributed by atoms with Crippen LogP contribution in [0.25, 0.3) is 10.9 Å². The molecular formula is C17H13BrClNO. The second-order valence-electron chi connectivity index (χ2n) is 4.61. The molecule has 2 nitrogen and oxygen atoms in total. The summed E-state index contributed by atoms with van der Waals surface area (Å²) in [5.41, 5.74) is 2.47. The van der Waals surface area contributed by atoms with Gasteiger partial charge in [-0.25, -0.2) is 0 Å². The van der Waals surface area contributed by atoms with E-state index >= 15 is 0 Å². The summed E-state index contributed by atoms with van der Waals surface area (Å²) in [5, 5.41) is 1.54. The highest BCUT2D eigenvalue weighted by Gasteiger charge is 2.10. The average Bonchev–Trinajstić information content (AvgIpc) is 2.47. The van der Waals surface area contributed by atoms with Gasteiger partial charge in [0.15, 0.2) is 5.78 Å². The summed E-state index contributed by atoms with van der Waals surface area (Å²) in [5.74, 6) is 0.0267. The van der Waals surface area contributed by atoms with E-state index in [9.17, 15) is 4.79 Å². The number of Topliss-reactive ketones (excluding diaryl/α,β-unsaturated/α-hetero) is 1. The van der Waals surface area contributed by atoms with Gasteiger partial charge in [0.1, 0.15) is 0 Å². The lowest BCUT2D eigenvalue weighted by Gasteiger charge is -2.05. The predicted molar refractivity (Wildman–Crippen MR) is 91.6 cm³/mol. The molecule has 4 heteroatoms. The molecule has 1 aromatic heterocycles. The number of rotatable bonds is 3. The number of ketones is 1. The number of pyridine rings is 1. The van der Waals surface area contributed by atoms with E-state index < -0.39 is 0 Å². The molecule has 2 aromatic carbocycles. The van der Waals surface area contributed by atoms with Crippen molar-refractivity contribution in [2.75, 3.05) is 0 Å². The number of nitrogens with zero attached hydrogens (tertiary/aromatic N) is 1. The van der Waals surface area contributed by atoms with Crippen molar-refractivity contribution in [2.45, 2.75) is 6.42 Å². The largest absolute Gasteiger partial charge is 0.294 e. The number of aromatic nitrogens is 1. The molecule has 3 aromatic rings. The minimum absolute atomic E-state index is 0. The minimum Gasteiger partial charge on any atom is -0.294 e. The van der Waals surface area contributed by atoms with E-state index in [0.717, 1.165) is 16.5 Å². The van der Waals surface area contributed by atoms with E-state index in [4.69, 9.17) is 11.6 Å². The topological polar surface area (TPSA) is 30.0 Å². The zero-order valence-electron chi connectivity index (χ0n) is 11.1. The first-order valence-corrected chi connectivity index (χ1v) is 6.73. The maximum absolute atomic E-state index is 12.3. The third-order valence-corrected chi connectivity index (χ3v) is 3.54. The number of hydrogen-bond acceptors (Lipinski definition) is 2. The summed E-state index contributed by atoms with van der Waals surface area (Å²) in [4.78, 5) is 16.5. The van der Waals surface area contributed by atoms with Gasteiger partial charge in [-0.15, -0.1) is 17.0 Å². The molecule has 0 aliphatic heterocycles. The Morgan fingerprint density at radius 1 is 1.05 bits per heavy atom. The van der Waals surface area contributed by atoms with Crippen LogP contribution in [0.1, 0.15) is 15.9 Å². The first-order chi connectivity index (χ1) is 9.74. The Labute approximate surface area is 138 Å². The van der Waals surface area contributed by atoms with Crippen LogP contribution in [0.15, 0.2) is 60.8 Å². The lowest BCUT2D eigenvalue weighted by atomic mass is 10.0. The van der Waals surface area contributed by atoms with Crippen LogP contribution in [0.3, 0.4) is 0 Å². The summed E-state index contributed by atoms with van der Waals surface area (Å²) < 4.78 is 0. The lowest BCUT2D eigenvalue weighted by Crippen LogP contribution is -2.04. The Morgan fingerprint density at radius 3 is 2.67 bits per heavy atom. The van der Waals surface area contributed by atoms with Gasteiger partial charge in [0.25, 0.3) is 0 Å². The quantitative estimate of drug-likeness (QED) is 0.621. The van der Waals surface area contributed by atoms with Crippen LogP contribution >= 0.6 is 28.6 Å². The van der Waals surface area contributed by atoms with E-state index in [1.807, 2.05) is 42.5 Å². The Bertz CT molecular complexity index is 788. The zero-order valence-corrected chi connectivity index (χ0v) is 13.6. The molecule has 0 N–H and O–H groups in total. The molecule has 0 aliphatic rings. The van der Waals surface area contributed by atoms with Crippen molar-refractivity contribution in [1.82, 2.24) is 4.98 Å². The summed E-state index contributed by atoms with van der Waals surface area (Å²) in [6.45, 7) is 0. The van der Waals surface area contributed by atoms with Crippen LogP contribution in [0.4, 0.5) is 0 Å². The zero-order chi connectivity index (χ0) is 13.9. The molecule has 0 unspecified atom stereocenters. The predicted octanol–water partition coefficient (Wildman–Crippen LogP) is 4.89. The van der Waals surface area contributed by atoms with Gasteiger partial charge in [-0.3, -0.25) is 9.78 Å². The van der Waals surface area contributed by atoms with Crippen LogP contribution < -0.4 is 0 Å². The van der Waals surface area contributed by atoms with Gasteiger partial charge in [-0.2, -0.15) is 0 Å². The first kappa shape index (κ1) is 15.7. The van der Waals surface area contributed by atoms with Gasteiger partial charge < -0.3 is 0 Å². The van der Waals surface area contributed by atoms with Crippen LogP contribution in [0.5, 0.6) is 0 Å². The van der Waals surface area contributed by atoms with Crippen molar-refractivity contribution in [3.8, 4) is 0 Å². The van der Waals surface area contributed by atoms with Crippen molar-refractivity contribution in [1.29, 1.82) is 0 Å². The number of benzene rings is 2. The summed E-state index contributed by atoms with van der Waals surface area (Å²) >= 11 is 6.05. The summed E-state index contributed by atoms with van der Waals surface area (Å²) in [6, 6.07) is 16.9. The minimum atomic E-state index is 0. The second kappa shape index (κ2) is 6.83. The Morgan fingerprint density at radius 2 is 1.86 bits per heavy atom. The number of hydrogen-bond donors (Lipinski definition) is 0. The normalized spacial score (nSPS) is 10.1. The molecule has 0 amide bonds. The Balaban J connectivity index is 0.00000161. The molecule has 106 valence electrons. The van der Waals surface area contributed by atoms with Gasteiger partial charge in [0.2, 0.25) is 0 Å². The maximum Gasteiger partial charge on any atom is 0.168 e. The molecule has 0 saturated heterocycles. The van der Waals surface area contributed by atoms with Gasteiger partial charge in [0, 0.05) is 23.6 Å². The van der Waals surface area contributed by atoms with E-state index in [1.54, 1.807) is 18.3 Å². The third-order valence-electron chi connectivity index (χ3n) is 3.21. The fraction of sp³-hybridized carbons (Fsp3) is 0.0588. The summed E-state index contributed by atoms with van der Waals surface area (Å²) in [6.07, 6.45) is 2.10. The molecule has 0 bridgehead atoms. The fourth-order valence-corrected chi connectivity index (χ4v) is 2.44. The van der Waals surface area contributed by atoms with Gasteiger partial charge in [-0.1, -0.05) is 35.9 Å². The number of halogens is 2. The van der Waals surface area contributed by atoms with Crippen LogP contribution in [-0.2, 0) is 6.42 Å². The maximum atomic E-state index is 12.3. The van der Waals surface area contributed by atoms with Crippen molar-refractivity contribution < 1.29 is 4.79 Å². The molecule has 0 atom stereocenters. The third kappa shape index (κ3) is 3.49. The van der Waals surface area contributed by atoms with Crippen LogP contribution in [-0.4, -0.2) is 10.8 Å². The lowest BCUT2D eigenvalue weighted by molar-refractivity contribution is 0.0993. The van der Waals surface area contributed by atoms with Crippen LogP contribution in [0.2, 0.25) is 5.02 Å². The van der Waals surface area contributed by atoms with Crippen molar-refractivity contribution >= 4 is 45.3 Å². The molecule has 21 heavy (non-hydrogen) atoms. The molecule has 1 heterocycles. The van der Waals surface area contributed by atoms with E-state index in [1.165, 1.54) is 0 Å². The summed E-state index contributed by atoms with van der Waals surface area (Å²) in [7, 11) is 0. The van der Waals surface area contributed by atoms with Crippen molar-refractivity contribution in [3.63, 3.8) is 0 Å². The van der Waals surface area contributed by atoms with Crippen LogP contribution in [0, 0.1) is 0 Å². The van der Waals surface area contributed by atoms with Gasteiger partial charge in [-0.05, 0) is 35.9 Å². The standard InChI is InChI=1S/C17H12ClNO.BrH/c18-15-6-2-1-5-14(15)17(20)11-12-7-8-16-13(10-12)4-3-9-19-16;/h1-10H,11H2;1H. The molecule has 0 fully saturated rings. The SMILES string of the molecule is Br.O=C(Cc1ccc2ncccc2c1)c1ccccc1Cl. The molecule has 3 rings (SSSR count). The molecule has 0 aliphatic carbocycles. The molecule has 0 saturated carbocycles. The van der Waals surface area contributed by atoms with Gasteiger partial charge >= 0.3 is 0 Å². The highest BCUT2D eigenvalue weighted by molar-refractivity contribution is 8.93. The number of carbonyl (C=O) groups is 1. The highest BCUT2D eigenvalue weighted by Crippen LogP contribution is 2.19. The highest BCUT2D eigenvalue weighted by atomic mass is 79.9. The second-order valence-corrected chi connectivity index (χ2v) is 5.02. The fourth-order valence-electron chi connectivity index (χ4n) is 2.20. The van der Waals surface area contributed by atoms with Crippen molar-refractivity contribution in [2.24, 2.45) is 0 Å². The molecular weight excluding hydrogens is 350 g/mol.